The number of phenolic OH excluding ortho intramolecular Hbond substituents is 1. The van der Waals surface area contributed by atoms with Gasteiger partial charge in [0.1, 0.15) is 0 Å². The molecule has 0 aliphatic heterocycles. The first-order valence-corrected chi connectivity index (χ1v) is 5.10. The summed E-state index contributed by atoms with van der Waals surface area (Å²) in [5, 5.41) is 9.48. The van der Waals surface area contributed by atoms with Crippen LogP contribution in [0.25, 0.3) is 0 Å². The molecule has 86 valence electrons. The van der Waals surface area contributed by atoms with Gasteiger partial charge in [0.2, 0.25) is 0 Å². The molecule has 0 saturated heterocycles. The summed E-state index contributed by atoms with van der Waals surface area (Å²) in [6.45, 7) is 0. The number of hydrogen-bond donors (Lipinski definition) is 1. The Hall–Kier alpha value is -1.71. The number of hydrogen-bond acceptors (Lipinski definition) is 4. The molecule has 0 spiro atoms. The number of phenols is 1. The van der Waals surface area contributed by atoms with Crippen molar-refractivity contribution in [2.45, 2.75) is 18.3 Å². The minimum atomic E-state index is -0.518. The molecule has 1 aliphatic rings. The molecule has 0 atom stereocenters. The zero-order valence-electron chi connectivity index (χ0n) is 9.32. The summed E-state index contributed by atoms with van der Waals surface area (Å²) in [5.74, 6) is 0.236. The summed E-state index contributed by atoms with van der Waals surface area (Å²) >= 11 is 0. The minimum absolute atomic E-state index is 0.0758. The number of carbonyl (C=O) groups is 1. The van der Waals surface area contributed by atoms with Crippen LogP contribution in [-0.2, 0) is 14.9 Å². The average Bonchev–Trinajstić information content (AvgIpc) is 3.10. The minimum Gasteiger partial charge on any atom is -0.504 e. The third-order valence-corrected chi connectivity index (χ3v) is 3.06. The smallest absolute Gasteiger partial charge is 0.316 e. The van der Waals surface area contributed by atoms with E-state index in [4.69, 9.17) is 9.47 Å². The molecule has 1 fully saturated rings. The van der Waals surface area contributed by atoms with Crippen LogP contribution in [0.15, 0.2) is 18.2 Å². The number of ether oxygens (including phenoxy) is 2. The van der Waals surface area contributed by atoms with E-state index in [0.717, 1.165) is 18.4 Å². The molecule has 0 bridgehead atoms. The van der Waals surface area contributed by atoms with Gasteiger partial charge in [0.15, 0.2) is 11.5 Å². The monoisotopic (exact) mass is 222 g/mol. The van der Waals surface area contributed by atoms with Gasteiger partial charge in [-0.05, 0) is 30.5 Å². The van der Waals surface area contributed by atoms with Crippen molar-refractivity contribution in [3.63, 3.8) is 0 Å². The van der Waals surface area contributed by atoms with Gasteiger partial charge in [-0.1, -0.05) is 6.07 Å². The Bertz CT molecular complexity index is 421. The molecule has 2 rings (SSSR count). The maximum atomic E-state index is 11.7. The van der Waals surface area contributed by atoms with Crippen LogP contribution in [0.4, 0.5) is 0 Å². The molecular weight excluding hydrogens is 208 g/mol. The van der Waals surface area contributed by atoms with Crippen LogP contribution in [0.3, 0.4) is 0 Å². The molecule has 0 unspecified atom stereocenters. The van der Waals surface area contributed by atoms with Gasteiger partial charge in [0.05, 0.1) is 19.6 Å². The highest BCUT2D eigenvalue weighted by Gasteiger charge is 2.52. The molecule has 0 radical (unpaired) electrons. The molecule has 4 heteroatoms. The summed E-state index contributed by atoms with van der Waals surface area (Å²) in [7, 11) is 2.87. The van der Waals surface area contributed by atoms with Crippen molar-refractivity contribution in [2.24, 2.45) is 0 Å². The first-order valence-electron chi connectivity index (χ1n) is 5.10. The SMILES string of the molecule is COC(=O)C1(c2ccc(O)c(OC)c2)CC1. The van der Waals surface area contributed by atoms with Crippen molar-refractivity contribution in [3.8, 4) is 11.5 Å². The number of esters is 1. The van der Waals surface area contributed by atoms with Crippen molar-refractivity contribution in [1.29, 1.82) is 0 Å². The Kier molecular flexibility index (Phi) is 2.50. The van der Waals surface area contributed by atoms with Gasteiger partial charge in [-0.25, -0.2) is 0 Å². The third-order valence-electron chi connectivity index (χ3n) is 3.06. The molecule has 16 heavy (non-hydrogen) atoms. The number of methoxy groups -OCH3 is 2. The summed E-state index contributed by atoms with van der Waals surface area (Å²) < 4.78 is 9.81. The van der Waals surface area contributed by atoms with Crippen LogP contribution in [-0.4, -0.2) is 25.3 Å². The lowest BCUT2D eigenvalue weighted by molar-refractivity contribution is -0.143. The fourth-order valence-electron chi connectivity index (χ4n) is 1.91. The Morgan fingerprint density at radius 1 is 1.38 bits per heavy atom. The molecule has 1 aromatic carbocycles. The van der Waals surface area contributed by atoms with Gasteiger partial charge in [-0.2, -0.15) is 0 Å². The standard InChI is InChI=1S/C12H14O4/c1-15-10-7-8(3-4-9(10)13)12(5-6-12)11(14)16-2/h3-4,7,13H,5-6H2,1-2H3. The molecule has 0 heterocycles. The maximum absolute atomic E-state index is 11.7. The van der Waals surface area contributed by atoms with Crippen LogP contribution in [0.1, 0.15) is 18.4 Å². The number of benzene rings is 1. The quantitative estimate of drug-likeness (QED) is 0.789. The summed E-state index contributed by atoms with van der Waals surface area (Å²) in [6, 6.07) is 4.97. The maximum Gasteiger partial charge on any atom is 0.316 e. The van der Waals surface area contributed by atoms with Crippen molar-refractivity contribution in [3.05, 3.63) is 23.8 Å². The molecule has 1 saturated carbocycles. The molecule has 1 aromatic rings. The van der Waals surface area contributed by atoms with Gasteiger partial charge in [-0.15, -0.1) is 0 Å². The predicted molar refractivity (Wildman–Crippen MR) is 57.6 cm³/mol. The zero-order valence-corrected chi connectivity index (χ0v) is 9.32. The second-order valence-corrected chi connectivity index (χ2v) is 3.96. The van der Waals surface area contributed by atoms with Crippen molar-refractivity contribution >= 4 is 5.97 Å². The van der Waals surface area contributed by atoms with E-state index in [0.29, 0.717) is 5.75 Å². The highest BCUT2D eigenvalue weighted by molar-refractivity contribution is 5.86. The van der Waals surface area contributed by atoms with E-state index in [2.05, 4.69) is 0 Å². The van der Waals surface area contributed by atoms with E-state index in [9.17, 15) is 9.90 Å². The number of rotatable bonds is 3. The van der Waals surface area contributed by atoms with E-state index in [-0.39, 0.29) is 11.7 Å². The Morgan fingerprint density at radius 3 is 2.56 bits per heavy atom. The van der Waals surface area contributed by atoms with Crippen LogP contribution in [0, 0.1) is 0 Å². The number of aromatic hydroxyl groups is 1. The second kappa shape index (κ2) is 3.70. The molecule has 1 N–H and O–H groups in total. The van der Waals surface area contributed by atoms with E-state index in [1.54, 1.807) is 12.1 Å². The van der Waals surface area contributed by atoms with Gasteiger partial charge >= 0.3 is 5.97 Å². The lowest BCUT2D eigenvalue weighted by Gasteiger charge is -2.14. The molecule has 4 nitrogen and oxygen atoms in total. The van der Waals surface area contributed by atoms with Crippen LogP contribution in [0.5, 0.6) is 11.5 Å². The van der Waals surface area contributed by atoms with Gasteiger partial charge in [0, 0.05) is 0 Å². The summed E-state index contributed by atoms with van der Waals surface area (Å²) in [6.07, 6.45) is 1.57. The van der Waals surface area contributed by atoms with Crippen molar-refractivity contribution in [1.82, 2.24) is 0 Å². The van der Waals surface area contributed by atoms with Crippen LogP contribution >= 0.6 is 0 Å². The van der Waals surface area contributed by atoms with Crippen molar-refractivity contribution in [2.75, 3.05) is 14.2 Å². The van der Waals surface area contributed by atoms with Crippen LogP contribution < -0.4 is 4.74 Å². The van der Waals surface area contributed by atoms with Gasteiger partial charge < -0.3 is 14.6 Å². The highest BCUT2D eigenvalue weighted by Crippen LogP contribution is 2.50. The third kappa shape index (κ3) is 1.50. The van der Waals surface area contributed by atoms with E-state index in [1.165, 1.54) is 20.3 Å². The van der Waals surface area contributed by atoms with Crippen LogP contribution in [0.2, 0.25) is 0 Å². The van der Waals surface area contributed by atoms with Gasteiger partial charge in [-0.3, -0.25) is 4.79 Å². The van der Waals surface area contributed by atoms with E-state index >= 15 is 0 Å². The number of carbonyl (C=O) groups excluding carboxylic acids is 1. The van der Waals surface area contributed by atoms with Crippen molar-refractivity contribution < 1.29 is 19.4 Å². The van der Waals surface area contributed by atoms with Gasteiger partial charge in [0.25, 0.3) is 0 Å². The van der Waals surface area contributed by atoms with E-state index in [1.807, 2.05) is 0 Å². The fourth-order valence-corrected chi connectivity index (χ4v) is 1.91. The fraction of sp³-hybridized carbons (Fsp3) is 0.417. The molecular formula is C12H14O4. The summed E-state index contributed by atoms with van der Waals surface area (Å²) in [4.78, 5) is 11.7. The Balaban J connectivity index is 2.38. The molecule has 0 amide bonds. The zero-order chi connectivity index (χ0) is 11.8. The average molecular weight is 222 g/mol. The first kappa shape index (κ1) is 10.8. The summed E-state index contributed by atoms with van der Waals surface area (Å²) in [5.41, 5.74) is 0.324. The lowest BCUT2D eigenvalue weighted by Crippen LogP contribution is -2.21. The topological polar surface area (TPSA) is 55.8 Å². The normalized spacial score (nSPS) is 16.6. The first-order chi connectivity index (χ1) is 7.64. The lowest BCUT2D eigenvalue weighted by atomic mass is 9.96. The Morgan fingerprint density at radius 2 is 2.06 bits per heavy atom. The largest absolute Gasteiger partial charge is 0.504 e. The second-order valence-electron chi connectivity index (χ2n) is 3.96. The molecule has 0 aromatic heterocycles. The van der Waals surface area contributed by atoms with E-state index < -0.39 is 5.41 Å². The highest BCUT2D eigenvalue weighted by atomic mass is 16.5. The predicted octanol–water partition coefficient (Wildman–Crippen LogP) is 1.61. The Labute approximate surface area is 93.8 Å². The molecule has 1 aliphatic carbocycles.